The molecular weight excluding hydrogens is 472 g/mol. The zero-order valence-corrected chi connectivity index (χ0v) is 20.7. The van der Waals surface area contributed by atoms with Gasteiger partial charge in [0.05, 0.1) is 34.6 Å². The Morgan fingerprint density at radius 2 is 1.86 bits per heavy atom. The number of benzene rings is 2. The number of esters is 1. The molecule has 0 spiro atoms. The van der Waals surface area contributed by atoms with E-state index < -0.39 is 5.97 Å². The molecule has 182 valence electrons. The second kappa shape index (κ2) is 10.6. The molecule has 0 unspecified atom stereocenters. The molecule has 8 heteroatoms. The summed E-state index contributed by atoms with van der Waals surface area (Å²) in [6.45, 7) is 1.83. The Balaban J connectivity index is 1.43. The molecule has 0 aliphatic carbocycles. The molecule has 1 aliphatic rings. The van der Waals surface area contributed by atoms with E-state index in [1.54, 1.807) is 29.5 Å². The Labute approximate surface area is 213 Å². The van der Waals surface area contributed by atoms with Crippen molar-refractivity contribution < 1.29 is 14.3 Å². The van der Waals surface area contributed by atoms with E-state index in [2.05, 4.69) is 10.2 Å². The number of methoxy groups -OCH3 is 1. The van der Waals surface area contributed by atoms with Crippen LogP contribution in [0, 0.1) is 0 Å². The SMILES string of the molecule is COC(=O)c1ccc(N2CCCC2)c(NC(=O)/C=C/c2cn(-c3ccccc3)nc2-c2cccs2)c1. The number of nitrogens with one attached hydrogen (secondary N) is 1. The fourth-order valence-corrected chi connectivity index (χ4v) is 5.01. The zero-order chi connectivity index (χ0) is 24.9. The van der Waals surface area contributed by atoms with Crippen molar-refractivity contribution in [1.82, 2.24) is 9.78 Å². The Morgan fingerprint density at radius 1 is 1.06 bits per heavy atom. The van der Waals surface area contributed by atoms with Gasteiger partial charge in [0.1, 0.15) is 5.69 Å². The van der Waals surface area contributed by atoms with Crippen molar-refractivity contribution in [3.63, 3.8) is 0 Å². The van der Waals surface area contributed by atoms with Crippen LogP contribution in [0.4, 0.5) is 11.4 Å². The van der Waals surface area contributed by atoms with Crippen LogP contribution in [0.25, 0.3) is 22.3 Å². The number of hydrogen-bond donors (Lipinski definition) is 1. The van der Waals surface area contributed by atoms with Crippen molar-refractivity contribution in [3.8, 4) is 16.3 Å². The molecule has 1 amide bonds. The topological polar surface area (TPSA) is 76.5 Å². The van der Waals surface area contributed by atoms with Crippen LogP contribution in [0.15, 0.2) is 78.3 Å². The number of carbonyl (C=O) groups is 2. The summed E-state index contributed by atoms with van der Waals surface area (Å²) in [5.41, 5.74) is 4.46. The number of hydrogen-bond acceptors (Lipinski definition) is 6. The van der Waals surface area contributed by atoms with E-state index in [1.165, 1.54) is 13.2 Å². The maximum absolute atomic E-state index is 13.0. The van der Waals surface area contributed by atoms with Gasteiger partial charge >= 0.3 is 5.97 Å². The van der Waals surface area contributed by atoms with E-state index in [9.17, 15) is 9.59 Å². The minimum absolute atomic E-state index is 0.290. The molecule has 3 heterocycles. The lowest BCUT2D eigenvalue weighted by Gasteiger charge is -2.22. The lowest BCUT2D eigenvalue weighted by atomic mass is 10.1. The fourth-order valence-electron chi connectivity index (χ4n) is 4.28. The molecule has 36 heavy (non-hydrogen) atoms. The van der Waals surface area contributed by atoms with E-state index in [4.69, 9.17) is 9.84 Å². The average Bonchev–Trinajstić information content (AvgIpc) is 3.69. The first kappa shape index (κ1) is 23.6. The van der Waals surface area contributed by atoms with Gasteiger partial charge in [0, 0.05) is 30.9 Å². The highest BCUT2D eigenvalue weighted by molar-refractivity contribution is 7.13. The van der Waals surface area contributed by atoms with Gasteiger partial charge in [-0.05, 0) is 60.7 Å². The number of aromatic nitrogens is 2. The lowest BCUT2D eigenvalue weighted by Crippen LogP contribution is -2.21. The van der Waals surface area contributed by atoms with Gasteiger partial charge in [0.25, 0.3) is 0 Å². The van der Waals surface area contributed by atoms with Crippen LogP contribution in [-0.2, 0) is 9.53 Å². The Kier molecular flexibility index (Phi) is 6.95. The maximum Gasteiger partial charge on any atom is 0.337 e. The number of ether oxygens (including phenoxy) is 1. The van der Waals surface area contributed by atoms with Gasteiger partial charge in [-0.15, -0.1) is 11.3 Å². The summed E-state index contributed by atoms with van der Waals surface area (Å²) < 4.78 is 6.68. The summed E-state index contributed by atoms with van der Waals surface area (Å²) in [6.07, 6.45) is 7.39. The monoisotopic (exact) mass is 498 g/mol. The van der Waals surface area contributed by atoms with Crippen LogP contribution >= 0.6 is 11.3 Å². The Hall–Kier alpha value is -4.17. The summed E-state index contributed by atoms with van der Waals surface area (Å²) in [7, 11) is 1.35. The van der Waals surface area contributed by atoms with Crippen LogP contribution in [-0.4, -0.2) is 41.9 Å². The summed E-state index contributed by atoms with van der Waals surface area (Å²) >= 11 is 1.60. The standard InChI is InChI=1S/C28H26N4O3S/c1-35-28(34)20-11-13-24(31-15-5-6-16-31)23(18-20)29-26(33)14-12-21-19-32(22-8-3-2-4-9-22)30-27(21)25-10-7-17-36-25/h2-4,7-14,17-19H,5-6,15-16H2,1H3,(H,29,33)/b14-12+. The molecule has 0 saturated carbocycles. The number of amides is 1. The zero-order valence-electron chi connectivity index (χ0n) is 19.9. The molecule has 2 aromatic heterocycles. The number of para-hydroxylation sites is 1. The molecule has 1 saturated heterocycles. The lowest BCUT2D eigenvalue weighted by molar-refractivity contribution is -0.111. The number of nitrogens with zero attached hydrogens (tertiary/aromatic N) is 3. The van der Waals surface area contributed by atoms with E-state index in [0.717, 1.165) is 53.4 Å². The molecule has 1 aliphatic heterocycles. The summed E-state index contributed by atoms with van der Waals surface area (Å²) in [6, 6.07) is 19.1. The highest BCUT2D eigenvalue weighted by Gasteiger charge is 2.19. The number of anilines is 2. The largest absolute Gasteiger partial charge is 0.465 e. The van der Waals surface area contributed by atoms with E-state index in [-0.39, 0.29) is 5.91 Å². The van der Waals surface area contributed by atoms with E-state index in [0.29, 0.717) is 11.3 Å². The van der Waals surface area contributed by atoms with Crippen molar-refractivity contribution in [3.05, 3.63) is 89.4 Å². The van der Waals surface area contributed by atoms with Gasteiger partial charge in [-0.25, -0.2) is 9.48 Å². The van der Waals surface area contributed by atoms with Crippen LogP contribution in [0.5, 0.6) is 0 Å². The predicted octanol–water partition coefficient (Wildman–Crippen LogP) is 5.64. The maximum atomic E-state index is 13.0. The van der Waals surface area contributed by atoms with Crippen LogP contribution in [0.3, 0.4) is 0 Å². The smallest absolute Gasteiger partial charge is 0.337 e. The molecule has 1 N–H and O–H groups in total. The molecule has 2 aromatic carbocycles. The van der Waals surface area contributed by atoms with E-state index in [1.807, 2.05) is 64.8 Å². The van der Waals surface area contributed by atoms with Crippen molar-refractivity contribution >= 4 is 40.7 Å². The minimum atomic E-state index is -0.442. The molecule has 0 bridgehead atoms. The molecule has 7 nitrogen and oxygen atoms in total. The van der Waals surface area contributed by atoms with Crippen LogP contribution in [0.1, 0.15) is 28.8 Å². The first-order valence-corrected chi connectivity index (χ1v) is 12.7. The van der Waals surface area contributed by atoms with Crippen LogP contribution in [0.2, 0.25) is 0 Å². The van der Waals surface area contributed by atoms with Crippen molar-refractivity contribution in [2.24, 2.45) is 0 Å². The van der Waals surface area contributed by atoms with Gasteiger partial charge in [-0.1, -0.05) is 24.3 Å². The van der Waals surface area contributed by atoms with Gasteiger partial charge in [0.15, 0.2) is 0 Å². The Morgan fingerprint density at radius 3 is 2.58 bits per heavy atom. The normalized spacial score (nSPS) is 13.3. The Bertz CT molecular complexity index is 1390. The summed E-state index contributed by atoms with van der Waals surface area (Å²) in [5, 5.41) is 9.75. The third-order valence-corrected chi connectivity index (χ3v) is 6.93. The first-order chi connectivity index (χ1) is 17.6. The quantitative estimate of drug-likeness (QED) is 0.264. The van der Waals surface area contributed by atoms with Gasteiger partial charge in [0.2, 0.25) is 5.91 Å². The highest BCUT2D eigenvalue weighted by Crippen LogP contribution is 2.31. The molecule has 0 atom stereocenters. The number of rotatable bonds is 7. The van der Waals surface area contributed by atoms with Gasteiger partial charge in [-0.3, -0.25) is 4.79 Å². The molecule has 1 fully saturated rings. The molecular formula is C28H26N4O3S. The van der Waals surface area contributed by atoms with E-state index >= 15 is 0 Å². The second-order valence-corrected chi connectivity index (χ2v) is 9.38. The minimum Gasteiger partial charge on any atom is -0.465 e. The molecule has 5 rings (SSSR count). The van der Waals surface area contributed by atoms with Gasteiger partial charge in [-0.2, -0.15) is 5.10 Å². The first-order valence-electron chi connectivity index (χ1n) is 11.8. The summed E-state index contributed by atoms with van der Waals surface area (Å²) in [5.74, 6) is -0.731. The second-order valence-electron chi connectivity index (χ2n) is 8.43. The summed E-state index contributed by atoms with van der Waals surface area (Å²) in [4.78, 5) is 28.4. The number of thiophene rings is 1. The fraction of sp³-hybridized carbons (Fsp3) is 0.179. The van der Waals surface area contributed by atoms with Gasteiger partial charge < -0.3 is 15.0 Å². The number of carbonyl (C=O) groups excluding carboxylic acids is 2. The molecule has 0 radical (unpaired) electrons. The molecule has 4 aromatic rings. The third-order valence-electron chi connectivity index (χ3n) is 6.05. The average molecular weight is 499 g/mol. The van der Waals surface area contributed by atoms with Crippen molar-refractivity contribution in [1.29, 1.82) is 0 Å². The predicted molar refractivity (Wildman–Crippen MR) is 144 cm³/mol. The third kappa shape index (κ3) is 5.08. The highest BCUT2D eigenvalue weighted by atomic mass is 32.1. The van der Waals surface area contributed by atoms with Crippen molar-refractivity contribution in [2.45, 2.75) is 12.8 Å². The van der Waals surface area contributed by atoms with Crippen LogP contribution < -0.4 is 10.2 Å². The van der Waals surface area contributed by atoms with Crippen molar-refractivity contribution in [2.75, 3.05) is 30.4 Å².